The van der Waals surface area contributed by atoms with Crippen LogP contribution >= 0.6 is 0 Å². The molecule has 1 aliphatic rings. The van der Waals surface area contributed by atoms with Gasteiger partial charge >= 0.3 is 5.97 Å². The predicted octanol–water partition coefficient (Wildman–Crippen LogP) is 1.49. The van der Waals surface area contributed by atoms with Crippen molar-refractivity contribution in [2.75, 3.05) is 11.4 Å². The third-order valence-corrected chi connectivity index (χ3v) is 3.85. The zero-order valence-electron chi connectivity index (χ0n) is 12.4. The largest absolute Gasteiger partial charge is 0.481 e. The molecule has 1 N–H and O–H groups in total. The Morgan fingerprint density at radius 3 is 2.82 bits per heavy atom. The quantitative estimate of drug-likeness (QED) is 0.928. The van der Waals surface area contributed by atoms with E-state index in [9.17, 15) is 9.59 Å². The van der Waals surface area contributed by atoms with E-state index < -0.39 is 5.97 Å². The third-order valence-electron chi connectivity index (χ3n) is 3.85. The van der Waals surface area contributed by atoms with E-state index in [1.807, 2.05) is 40.7 Å². The van der Waals surface area contributed by atoms with Gasteiger partial charge in [-0.1, -0.05) is 0 Å². The first kappa shape index (κ1) is 14.4. The average molecular weight is 302 g/mol. The van der Waals surface area contributed by atoms with Crippen LogP contribution in [0.3, 0.4) is 0 Å². The Labute approximate surface area is 127 Å². The summed E-state index contributed by atoms with van der Waals surface area (Å²) in [7, 11) is 1.95. The Hall–Kier alpha value is -2.57. The lowest BCUT2D eigenvalue weighted by Gasteiger charge is -2.27. The molecular weight excluding hydrogens is 284 g/mol. The second kappa shape index (κ2) is 5.67. The van der Waals surface area contributed by atoms with Crippen LogP contribution < -0.4 is 4.90 Å². The van der Waals surface area contributed by atoms with Gasteiger partial charge in [-0.25, -0.2) is 4.68 Å². The number of anilines is 1. The molecule has 22 heavy (non-hydrogen) atoms. The van der Waals surface area contributed by atoms with E-state index in [0.29, 0.717) is 6.54 Å². The van der Waals surface area contributed by atoms with Gasteiger partial charge in [0.05, 0.1) is 12.1 Å². The zero-order chi connectivity index (χ0) is 15.7. The van der Waals surface area contributed by atoms with Gasteiger partial charge in [-0.2, -0.15) is 5.10 Å². The minimum absolute atomic E-state index is 0.0139. The molecule has 1 aliphatic heterocycles. The van der Waals surface area contributed by atoms with Crippen LogP contribution in [0.15, 0.2) is 24.4 Å². The predicted molar refractivity (Wildman–Crippen MR) is 80.5 cm³/mol. The van der Waals surface area contributed by atoms with Crippen molar-refractivity contribution in [2.45, 2.75) is 25.8 Å². The summed E-state index contributed by atoms with van der Waals surface area (Å²) in [6, 6.07) is 5.82. The molecule has 0 spiro atoms. The fourth-order valence-electron chi connectivity index (χ4n) is 2.74. The summed E-state index contributed by atoms with van der Waals surface area (Å²) in [5.41, 5.74) is 1.81. The van der Waals surface area contributed by atoms with Gasteiger partial charge in [0, 0.05) is 38.8 Å². The zero-order valence-corrected chi connectivity index (χ0v) is 12.4. The molecule has 0 aliphatic carbocycles. The van der Waals surface area contributed by atoms with Gasteiger partial charge in [-0.15, -0.1) is 0 Å². The Kier molecular flexibility index (Phi) is 3.70. The van der Waals surface area contributed by atoms with Crippen molar-refractivity contribution >= 4 is 17.7 Å². The number of amides is 1. The molecular formula is C15H18N4O3. The van der Waals surface area contributed by atoms with Crippen LogP contribution in [0.1, 0.15) is 19.3 Å². The maximum absolute atomic E-state index is 12.2. The van der Waals surface area contributed by atoms with Crippen LogP contribution in [0.4, 0.5) is 5.82 Å². The highest BCUT2D eigenvalue weighted by atomic mass is 16.4. The fourth-order valence-corrected chi connectivity index (χ4v) is 2.74. The molecule has 1 amide bonds. The molecule has 0 saturated carbocycles. The molecule has 3 heterocycles. The number of carboxylic acid groups (broad SMARTS) is 1. The highest BCUT2D eigenvalue weighted by molar-refractivity contribution is 5.94. The minimum Gasteiger partial charge on any atom is -0.481 e. The van der Waals surface area contributed by atoms with Crippen LogP contribution in [-0.4, -0.2) is 37.9 Å². The molecule has 2 aromatic heterocycles. The van der Waals surface area contributed by atoms with Crippen LogP contribution in [0, 0.1) is 0 Å². The van der Waals surface area contributed by atoms with E-state index in [0.717, 1.165) is 30.2 Å². The number of carbonyl (C=O) groups is 2. The van der Waals surface area contributed by atoms with Crippen molar-refractivity contribution < 1.29 is 14.7 Å². The SMILES string of the molecule is Cn1cccc1-c1cc2n(n1)CCCN2C(=O)CCC(=O)O. The lowest BCUT2D eigenvalue weighted by atomic mass is 10.2. The number of aryl methyl sites for hydroxylation is 2. The maximum atomic E-state index is 12.2. The summed E-state index contributed by atoms with van der Waals surface area (Å²) >= 11 is 0. The van der Waals surface area contributed by atoms with E-state index in [2.05, 4.69) is 5.10 Å². The van der Waals surface area contributed by atoms with Gasteiger partial charge in [0.1, 0.15) is 11.5 Å². The van der Waals surface area contributed by atoms with Gasteiger partial charge < -0.3 is 9.67 Å². The number of aliphatic carboxylic acids is 1. The number of fused-ring (bicyclic) bond motifs is 1. The molecule has 0 atom stereocenters. The summed E-state index contributed by atoms with van der Waals surface area (Å²) in [6.45, 7) is 1.37. The third kappa shape index (κ3) is 2.61. The van der Waals surface area contributed by atoms with Crippen LogP contribution in [-0.2, 0) is 23.2 Å². The van der Waals surface area contributed by atoms with Crippen LogP contribution in [0.2, 0.25) is 0 Å². The molecule has 7 heteroatoms. The van der Waals surface area contributed by atoms with Gasteiger partial charge in [-0.05, 0) is 18.6 Å². The lowest BCUT2D eigenvalue weighted by Crippen LogP contribution is -2.37. The van der Waals surface area contributed by atoms with Gasteiger partial charge in [0.25, 0.3) is 0 Å². The molecule has 2 aromatic rings. The highest BCUT2D eigenvalue weighted by Crippen LogP contribution is 2.28. The van der Waals surface area contributed by atoms with Crippen molar-refractivity contribution in [1.82, 2.24) is 14.3 Å². The maximum Gasteiger partial charge on any atom is 0.303 e. The Morgan fingerprint density at radius 1 is 1.32 bits per heavy atom. The molecule has 3 rings (SSSR count). The van der Waals surface area contributed by atoms with E-state index >= 15 is 0 Å². The summed E-state index contributed by atoms with van der Waals surface area (Å²) in [5.74, 6) is -0.372. The van der Waals surface area contributed by atoms with E-state index in [4.69, 9.17) is 5.11 Å². The Morgan fingerprint density at radius 2 is 2.14 bits per heavy atom. The minimum atomic E-state index is -0.955. The topological polar surface area (TPSA) is 80.4 Å². The second-order valence-electron chi connectivity index (χ2n) is 5.41. The number of hydrogen-bond acceptors (Lipinski definition) is 3. The van der Waals surface area contributed by atoms with Gasteiger partial charge in [0.15, 0.2) is 0 Å². The van der Waals surface area contributed by atoms with Crippen molar-refractivity contribution in [2.24, 2.45) is 7.05 Å². The monoisotopic (exact) mass is 302 g/mol. The molecule has 116 valence electrons. The number of hydrogen-bond donors (Lipinski definition) is 1. The van der Waals surface area contributed by atoms with Crippen molar-refractivity contribution in [3.8, 4) is 11.4 Å². The van der Waals surface area contributed by atoms with Gasteiger partial charge in [0.2, 0.25) is 5.91 Å². The molecule has 0 saturated heterocycles. The number of nitrogens with zero attached hydrogens (tertiary/aromatic N) is 4. The molecule has 7 nitrogen and oxygen atoms in total. The van der Waals surface area contributed by atoms with Crippen LogP contribution in [0.5, 0.6) is 0 Å². The standard InChI is InChI=1S/C15H18N4O3/c1-17-7-2-4-12(17)11-10-13-18(8-3-9-19(13)16-11)14(20)5-6-15(21)22/h2,4,7,10H,3,5-6,8-9H2,1H3,(H,21,22). The van der Waals surface area contributed by atoms with Crippen molar-refractivity contribution in [3.63, 3.8) is 0 Å². The van der Waals surface area contributed by atoms with E-state index in [1.165, 1.54) is 0 Å². The number of carbonyl (C=O) groups excluding carboxylic acids is 1. The smallest absolute Gasteiger partial charge is 0.303 e. The number of aromatic nitrogens is 3. The molecule has 0 unspecified atom stereocenters. The number of carboxylic acids is 1. The average Bonchev–Trinajstić information content (AvgIpc) is 3.09. The van der Waals surface area contributed by atoms with E-state index in [1.54, 1.807) is 4.90 Å². The second-order valence-corrected chi connectivity index (χ2v) is 5.41. The van der Waals surface area contributed by atoms with E-state index in [-0.39, 0.29) is 18.7 Å². The van der Waals surface area contributed by atoms with Crippen molar-refractivity contribution in [1.29, 1.82) is 0 Å². The first-order chi connectivity index (χ1) is 10.6. The Bertz CT molecular complexity index is 716. The highest BCUT2D eigenvalue weighted by Gasteiger charge is 2.25. The first-order valence-electron chi connectivity index (χ1n) is 7.28. The summed E-state index contributed by atoms with van der Waals surface area (Å²) in [5, 5.41) is 13.3. The number of rotatable bonds is 4. The molecule has 0 radical (unpaired) electrons. The molecule has 0 fully saturated rings. The van der Waals surface area contributed by atoms with Crippen molar-refractivity contribution in [3.05, 3.63) is 24.4 Å². The first-order valence-corrected chi connectivity index (χ1v) is 7.28. The fraction of sp³-hybridized carbons (Fsp3) is 0.400. The normalized spacial score (nSPS) is 14.0. The summed E-state index contributed by atoms with van der Waals surface area (Å²) in [6.07, 6.45) is 2.64. The molecule has 0 bridgehead atoms. The van der Waals surface area contributed by atoms with Crippen LogP contribution in [0.25, 0.3) is 11.4 Å². The molecule has 0 aromatic carbocycles. The van der Waals surface area contributed by atoms with Gasteiger partial charge in [-0.3, -0.25) is 14.5 Å². The Balaban J connectivity index is 1.87. The lowest BCUT2D eigenvalue weighted by molar-refractivity contribution is -0.138. The summed E-state index contributed by atoms with van der Waals surface area (Å²) in [4.78, 5) is 24.5. The summed E-state index contributed by atoms with van der Waals surface area (Å²) < 4.78 is 3.80.